The summed E-state index contributed by atoms with van der Waals surface area (Å²) in [7, 11) is 1.17. The molecule has 0 saturated heterocycles. The number of phosphoric acid groups is 1. The summed E-state index contributed by atoms with van der Waals surface area (Å²) in [5, 5.41) is 3.00. The third-order valence-corrected chi connectivity index (χ3v) is 12.7. The van der Waals surface area contributed by atoms with Gasteiger partial charge in [-0.1, -0.05) is 192 Å². The molecule has 0 radical (unpaired) electrons. The normalized spacial score (nSPS) is 14.3. The van der Waals surface area contributed by atoms with Gasteiger partial charge in [0.1, 0.15) is 19.3 Å². The van der Waals surface area contributed by atoms with E-state index in [1.807, 2.05) is 33.3 Å². The maximum Gasteiger partial charge on any atom is 0.306 e. The maximum atomic E-state index is 13.4. The second-order valence-electron chi connectivity index (χ2n) is 19.4. The van der Waals surface area contributed by atoms with Gasteiger partial charge in [0, 0.05) is 12.8 Å². The smallest absolute Gasteiger partial charge is 0.306 e. The molecule has 0 fully saturated rings. The van der Waals surface area contributed by atoms with Crippen LogP contribution in [-0.4, -0.2) is 69.4 Å². The standard InChI is InChI=1S/C55H103N2O7P/c1-7-10-13-16-19-22-25-27-28-30-32-35-38-41-44-47-54(58)56-52(51-63-65(60,61)62-50-49-57(4,5)6)53(46-43-40-37-34-31-24-21-18-15-12-9-3)64-55(59)48-45-42-39-36-33-29-26-23-20-17-14-11-8-2/h19,22,25,27,29,33,43,46,52-53H,7-18,20-21,23-24,26,28,30-32,34-42,44-45,47-51H2,1-6H3,(H-,56,58,60,61)/b22-19+,27-25+,33-29-,46-43+. The van der Waals surface area contributed by atoms with Gasteiger partial charge in [-0.15, -0.1) is 0 Å². The van der Waals surface area contributed by atoms with E-state index in [-0.39, 0.29) is 24.9 Å². The molecule has 380 valence electrons. The van der Waals surface area contributed by atoms with E-state index in [9.17, 15) is 19.0 Å². The summed E-state index contributed by atoms with van der Waals surface area (Å²) in [6, 6.07) is -0.897. The first-order valence-electron chi connectivity index (χ1n) is 27.0. The second kappa shape index (κ2) is 45.7. The fraction of sp³-hybridized carbons (Fsp3) is 0.818. The van der Waals surface area contributed by atoms with Gasteiger partial charge in [-0.05, 0) is 83.1 Å². The lowest BCUT2D eigenvalue weighted by Gasteiger charge is -2.30. The molecule has 3 unspecified atom stereocenters. The predicted octanol–water partition coefficient (Wildman–Crippen LogP) is 15.1. The number of ether oxygens (including phenoxy) is 1. The van der Waals surface area contributed by atoms with Gasteiger partial charge in [0.25, 0.3) is 7.82 Å². The van der Waals surface area contributed by atoms with E-state index in [0.29, 0.717) is 23.9 Å². The first kappa shape index (κ1) is 63.0. The van der Waals surface area contributed by atoms with Gasteiger partial charge in [-0.2, -0.15) is 0 Å². The minimum absolute atomic E-state index is 0.0273. The number of unbranched alkanes of at least 4 members (excludes halogenated alkanes) is 27. The largest absolute Gasteiger partial charge is 0.756 e. The Labute approximate surface area is 401 Å². The number of hydrogen-bond donors (Lipinski definition) is 1. The molecule has 0 aromatic heterocycles. The summed E-state index contributed by atoms with van der Waals surface area (Å²) in [5.74, 6) is -0.574. The zero-order valence-electron chi connectivity index (χ0n) is 43.2. The molecule has 0 saturated carbocycles. The number of esters is 1. The Morgan fingerprint density at radius 3 is 1.45 bits per heavy atom. The number of phosphoric ester groups is 1. The van der Waals surface area contributed by atoms with Crippen molar-refractivity contribution in [3.63, 3.8) is 0 Å². The Hall–Kier alpha value is -2.03. The molecule has 0 heterocycles. The van der Waals surface area contributed by atoms with Crippen LogP contribution in [0.5, 0.6) is 0 Å². The number of allylic oxidation sites excluding steroid dienone is 7. The average molecular weight is 935 g/mol. The first-order valence-corrected chi connectivity index (χ1v) is 28.4. The fourth-order valence-electron chi connectivity index (χ4n) is 7.51. The van der Waals surface area contributed by atoms with Crippen LogP contribution < -0.4 is 10.2 Å². The molecule has 9 nitrogen and oxygen atoms in total. The minimum atomic E-state index is -4.69. The molecule has 10 heteroatoms. The van der Waals surface area contributed by atoms with E-state index < -0.39 is 26.6 Å². The summed E-state index contributed by atoms with van der Waals surface area (Å²) >= 11 is 0. The van der Waals surface area contributed by atoms with Crippen molar-refractivity contribution in [1.82, 2.24) is 5.32 Å². The molecule has 0 aliphatic carbocycles. The van der Waals surface area contributed by atoms with Crippen LogP contribution in [0.3, 0.4) is 0 Å². The SMILES string of the molecule is CCCCC/C=C/C=C/CCCCCCCCC(=O)NC(COP(=O)([O-])OCC[N+](C)(C)C)C(/C=C/CCCCCCCCCCC)OC(=O)CCCCC/C=C\CCCCCCCC. The zero-order chi connectivity index (χ0) is 48.0. The zero-order valence-corrected chi connectivity index (χ0v) is 44.1. The number of quaternary nitrogens is 1. The van der Waals surface area contributed by atoms with E-state index in [1.165, 1.54) is 103 Å². The Kier molecular flexibility index (Phi) is 44.3. The summed E-state index contributed by atoms with van der Waals surface area (Å²) in [5.41, 5.74) is 0. The highest BCUT2D eigenvalue weighted by Crippen LogP contribution is 2.38. The van der Waals surface area contributed by atoms with Crippen LogP contribution in [0.2, 0.25) is 0 Å². The molecule has 0 aliphatic heterocycles. The molecule has 1 amide bonds. The van der Waals surface area contributed by atoms with Gasteiger partial charge < -0.3 is 28.5 Å². The minimum Gasteiger partial charge on any atom is -0.756 e. The summed E-state index contributed by atoms with van der Waals surface area (Å²) in [6.07, 6.45) is 53.6. The van der Waals surface area contributed by atoms with Crippen LogP contribution in [0.1, 0.15) is 239 Å². The molecular weight excluding hydrogens is 832 g/mol. The van der Waals surface area contributed by atoms with Crippen LogP contribution in [0.15, 0.2) is 48.6 Å². The molecular formula is C55H103N2O7P. The van der Waals surface area contributed by atoms with Crippen LogP contribution in [0.25, 0.3) is 0 Å². The Bertz CT molecular complexity index is 1260. The van der Waals surface area contributed by atoms with Crippen molar-refractivity contribution in [3.8, 4) is 0 Å². The molecule has 0 rings (SSSR count). The summed E-state index contributed by atoms with van der Waals surface area (Å²) in [6.45, 7) is 6.77. The molecule has 65 heavy (non-hydrogen) atoms. The number of carbonyl (C=O) groups is 2. The monoisotopic (exact) mass is 935 g/mol. The maximum absolute atomic E-state index is 13.4. The Morgan fingerprint density at radius 1 is 0.538 bits per heavy atom. The third kappa shape index (κ3) is 46.9. The third-order valence-electron chi connectivity index (χ3n) is 11.8. The van der Waals surface area contributed by atoms with E-state index in [1.54, 1.807) is 0 Å². The van der Waals surface area contributed by atoms with Crippen molar-refractivity contribution in [2.45, 2.75) is 251 Å². The molecule has 0 spiro atoms. The van der Waals surface area contributed by atoms with Gasteiger partial charge in [0.2, 0.25) is 5.91 Å². The van der Waals surface area contributed by atoms with Crippen molar-refractivity contribution in [1.29, 1.82) is 0 Å². The summed E-state index contributed by atoms with van der Waals surface area (Å²) in [4.78, 5) is 39.7. The van der Waals surface area contributed by atoms with E-state index >= 15 is 0 Å². The van der Waals surface area contributed by atoms with E-state index in [4.69, 9.17) is 13.8 Å². The number of hydrogen-bond acceptors (Lipinski definition) is 7. The lowest BCUT2D eigenvalue weighted by molar-refractivity contribution is -0.870. The van der Waals surface area contributed by atoms with Crippen molar-refractivity contribution < 1.29 is 37.3 Å². The van der Waals surface area contributed by atoms with Crippen molar-refractivity contribution in [2.75, 3.05) is 40.9 Å². The number of nitrogens with zero attached hydrogens (tertiary/aromatic N) is 1. The van der Waals surface area contributed by atoms with Crippen LogP contribution >= 0.6 is 7.82 Å². The van der Waals surface area contributed by atoms with Crippen LogP contribution in [0, 0.1) is 0 Å². The molecule has 1 N–H and O–H groups in total. The highest BCUT2D eigenvalue weighted by molar-refractivity contribution is 7.45. The van der Waals surface area contributed by atoms with Crippen molar-refractivity contribution in [3.05, 3.63) is 48.6 Å². The second-order valence-corrected chi connectivity index (χ2v) is 20.8. The molecule has 0 aliphatic rings. The fourth-order valence-corrected chi connectivity index (χ4v) is 8.23. The van der Waals surface area contributed by atoms with Gasteiger partial charge in [0.15, 0.2) is 0 Å². The summed E-state index contributed by atoms with van der Waals surface area (Å²) < 4.78 is 30.1. The van der Waals surface area contributed by atoms with Crippen molar-refractivity contribution >= 4 is 19.7 Å². The van der Waals surface area contributed by atoms with E-state index in [0.717, 1.165) is 96.3 Å². The molecule has 0 aromatic carbocycles. The lowest BCUT2D eigenvalue weighted by atomic mass is 10.1. The first-order chi connectivity index (χ1) is 31.4. The number of nitrogens with one attached hydrogen (secondary N) is 1. The average Bonchev–Trinajstić information content (AvgIpc) is 3.26. The van der Waals surface area contributed by atoms with Gasteiger partial charge in [-0.3, -0.25) is 14.2 Å². The van der Waals surface area contributed by atoms with Crippen molar-refractivity contribution in [2.24, 2.45) is 0 Å². The number of carbonyl (C=O) groups excluding carboxylic acids is 2. The molecule has 0 bridgehead atoms. The highest BCUT2D eigenvalue weighted by Gasteiger charge is 2.27. The Morgan fingerprint density at radius 2 is 0.938 bits per heavy atom. The number of rotatable bonds is 48. The highest BCUT2D eigenvalue weighted by atomic mass is 31.2. The van der Waals surface area contributed by atoms with Gasteiger partial charge >= 0.3 is 5.97 Å². The lowest BCUT2D eigenvalue weighted by Crippen LogP contribution is -2.47. The molecule has 0 aromatic rings. The van der Waals surface area contributed by atoms with Crippen LogP contribution in [0.4, 0.5) is 0 Å². The van der Waals surface area contributed by atoms with Gasteiger partial charge in [0.05, 0.1) is 33.8 Å². The van der Waals surface area contributed by atoms with E-state index in [2.05, 4.69) is 62.5 Å². The molecule has 3 atom stereocenters. The number of amides is 1. The predicted molar refractivity (Wildman–Crippen MR) is 275 cm³/mol. The topological polar surface area (TPSA) is 114 Å². The Balaban J connectivity index is 5.43. The van der Waals surface area contributed by atoms with Gasteiger partial charge in [-0.25, -0.2) is 0 Å². The number of likely N-dealkylation sites (N-methyl/N-ethyl adjacent to an activating group) is 1. The quantitative estimate of drug-likeness (QED) is 0.0161. The van der Waals surface area contributed by atoms with Crippen LogP contribution in [-0.2, 0) is 27.9 Å².